The minimum Gasteiger partial charge on any atom is -0.383 e. The van der Waals surface area contributed by atoms with Crippen LogP contribution in [-0.4, -0.2) is 51.7 Å². The Morgan fingerprint density at radius 2 is 2.08 bits per heavy atom. The SMILES string of the molecule is COCCNC(=O)CSc1nnc(-c2ccncc2)n1CC(C)C. The molecule has 24 heavy (non-hydrogen) atoms. The number of pyridine rings is 1. The van der Waals surface area contributed by atoms with Gasteiger partial charge in [0, 0.05) is 38.2 Å². The molecule has 0 spiro atoms. The van der Waals surface area contributed by atoms with Crippen molar-refractivity contribution in [3.63, 3.8) is 0 Å². The summed E-state index contributed by atoms with van der Waals surface area (Å²) < 4.78 is 6.98. The van der Waals surface area contributed by atoms with Crippen molar-refractivity contribution in [1.82, 2.24) is 25.1 Å². The first-order valence-corrected chi connectivity index (χ1v) is 8.82. The van der Waals surface area contributed by atoms with Gasteiger partial charge in [0.25, 0.3) is 0 Å². The van der Waals surface area contributed by atoms with E-state index < -0.39 is 0 Å². The van der Waals surface area contributed by atoms with E-state index in [-0.39, 0.29) is 5.91 Å². The third-order valence-electron chi connectivity index (χ3n) is 3.16. The molecule has 0 unspecified atom stereocenters. The maximum absolute atomic E-state index is 11.8. The average molecular weight is 349 g/mol. The first kappa shape index (κ1) is 18.4. The van der Waals surface area contributed by atoms with E-state index in [4.69, 9.17) is 4.74 Å². The van der Waals surface area contributed by atoms with Crippen molar-refractivity contribution in [2.24, 2.45) is 5.92 Å². The summed E-state index contributed by atoms with van der Waals surface area (Å²) in [4.78, 5) is 15.9. The van der Waals surface area contributed by atoms with E-state index in [2.05, 4.69) is 38.9 Å². The van der Waals surface area contributed by atoms with Crippen molar-refractivity contribution >= 4 is 17.7 Å². The summed E-state index contributed by atoms with van der Waals surface area (Å²) in [6.07, 6.45) is 3.47. The maximum Gasteiger partial charge on any atom is 0.230 e. The number of thioether (sulfide) groups is 1. The van der Waals surface area contributed by atoms with Crippen molar-refractivity contribution in [3.8, 4) is 11.4 Å². The van der Waals surface area contributed by atoms with Gasteiger partial charge in [-0.2, -0.15) is 0 Å². The lowest BCUT2D eigenvalue weighted by Gasteiger charge is -2.12. The Balaban J connectivity index is 2.09. The van der Waals surface area contributed by atoms with Crippen LogP contribution in [0.5, 0.6) is 0 Å². The van der Waals surface area contributed by atoms with Crippen LogP contribution in [0.4, 0.5) is 0 Å². The molecule has 0 fully saturated rings. The fourth-order valence-electron chi connectivity index (χ4n) is 2.11. The van der Waals surface area contributed by atoms with Crippen LogP contribution in [-0.2, 0) is 16.1 Å². The first-order valence-electron chi connectivity index (χ1n) is 7.83. The second-order valence-electron chi connectivity index (χ2n) is 5.68. The van der Waals surface area contributed by atoms with E-state index >= 15 is 0 Å². The summed E-state index contributed by atoms with van der Waals surface area (Å²) in [5.41, 5.74) is 0.967. The van der Waals surface area contributed by atoms with Crippen LogP contribution in [0.15, 0.2) is 29.7 Å². The lowest BCUT2D eigenvalue weighted by atomic mass is 10.2. The molecule has 1 N–H and O–H groups in total. The molecule has 2 heterocycles. The molecule has 130 valence electrons. The summed E-state index contributed by atoms with van der Waals surface area (Å²) in [7, 11) is 1.61. The topological polar surface area (TPSA) is 81.9 Å². The molecule has 0 saturated heterocycles. The van der Waals surface area contributed by atoms with Crippen LogP contribution in [0.2, 0.25) is 0 Å². The Hall–Kier alpha value is -1.93. The molecule has 0 atom stereocenters. The van der Waals surface area contributed by atoms with Gasteiger partial charge in [-0.1, -0.05) is 25.6 Å². The van der Waals surface area contributed by atoms with Gasteiger partial charge < -0.3 is 14.6 Å². The monoisotopic (exact) mass is 349 g/mol. The van der Waals surface area contributed by atoms with Gasteiger partial charge in [-0.15, -0.1) is 10.2 Å². The molecule has 7 nitrogen and oxygen atoms in total. The van der Waals surface area contributed by atoms with E-state index in [0.29, 0.717) is 24.8 Å². The molecule has 0 aliphatic rings. The number of hydrogen-bond acceptors (Lipinski definition) is 6. The van der Waals surface area contributed by atoms with E-state index in [0.717, 1.165) is 23.1 Å². The second kappa shape index (κ2) is 9.39. The molecule has 0 saturated carbocycles. The number of aromatic nitrogens is 4. The fourth-order valence-corrected chi connectivity index (χ4v) is 2.89. The number of ether oxygens (including phenoxy) is 1. The summed E-state index contributed by atoms with van der Waals surface area (Å²) in [6.45, 7) is 6.09. The molecule has 8 heteroatoms. The average Bonchev–Trinajstić information content (AvgIpc) is 2.96. The van der Waals surface area contributed by atoms with Crippen LogP contribution in [0, 0.1) is 5.92 Å². The number of amides is 1. The van der Waals surface area contributed by atoms with E-state index in [1.807, 2.05) is 12.1 Å². The number of carbonyl (C=O) groups is 1. The molecular formula is C16H23N5O2S. The van der Waals surface area contributed by atoms with Crippen LogP contribution >= 0.6 is 11.8 Å². The highest BCUT2D eigenvalue weighted by molar-refractivity contribution is 7.99. The van der Waals surface area contributed by atoms with Gasteiger partial charge in [-0.05, 0) is 18.1 Å². The molecule has 0 aromatic carbocycles. The van der Waals surface area contributed by atoms with Crippen LogP contribution in [0.3, 0.4) is 0 Å². The van der Waals surface area contributed by atoms with Gasteiger partial charge in [0.15, 0.2) is 11.0 Å². The zero-order valence-electron chi connectivity index (χ0n) is 14.2. The first-order chi connectivity index (χ1) is 11.6. The zero-order valence-corrected chi connectivity index (χ0v) is 15.0. The highest BCUT2D eigenvalue weighted by Gasteiger charge is 2.16. The molecule has 1 amide bonds. The predicted molar refractivity (Wildman–Crippen MR) is 93.7 cm³/mol. The Kier molecular flexibility index (Phi) is 7.20. The Labute approximate surface area is 146 Å². The van der Waals surface area contributed by atoms with Crippen molar-refractivity contribution in [2.75, 3.05) is 26.0 Å². The fraction of sp³-hybridized carbons (Fsp3) is 0.500. The van der Waals surface area contributed by atoms with Gasteiger partial charge in [-0.3, -0.25) is 9.78 Å². The minimum atomic E-state index is -0.0402. The summed E-state index contributed by atoms with van der Waals surface area (Å²) in [5, 5.41) is 12.1. The third kappa shape index (κ3) is 5.31. The van der Waals surface area contributed by atoms with E-state index in [9.17, 15) is 4.79 Å². The predicted octanol–water partition coefficient (Wildman–Crippen LogP) is 1.85. The molecule has 0 aliphatic heterocycles. The van der Waals surface area contributed by atoms with Crippen molar-refractivity contribution < 1.29 is 9.53 Å². The molecule has 2 rings (SSSR count). The van der Waals surface area contributed by atoms with Crippen molar-refractivity contribution in [2.45, 2.75) is 25.5 Å². The van der Waals surface area contributed by atoms with E-state index in [1.54, 1.807) is 19.5 Å². The Morgan fingerprint density at radius 3 is 2.75 bits per heavy atom. The Morgan fingerprint density at radius 1 is 1.33 bits per heavy atom. The normalized spacial score (nSPS) is 11.0. The molecule has 0 aliphatic carbocycles. The Bertz CT molecular complexity index is 645. The smallest absolute Gasteiger partial charge is 0.230 e. The summed E-state index contributed by atoms with van der Waals surface area (Å²) >= 11 is 1.39. The van der Waals surface area contributed by atoms with Crippen LogP contribution < -0.4 is 5.32 Å². The zero-order chi connectivity index (χ0) is 17.4. The molecule has 2 aromatic heterocycles. The largest absolute Gasteiger partial charge is 0.383 e. The van der Waals surface area contributed by atoms with Crippen LogP contribution in [0.1, 0.15) is 13.8 Å². The number of rotatable bonds is 9. The lowest BCUT2D eigenvalue weighted by Crippen LogP contribution is -2.28. The van der Waals surface area contributed by atoms with Gasteiger partial charge in [0.2, 0.25) is 5.91 Å². The van der Waals surface area contributed by atoms with Crippen LogP contribution in [0.25, 0.3) is 11.4 Å². The van der Waals surface area contributed by atoms with E-state index in [1.165, 1.54) is 11.8 Å². The number of carbonyl (C=O) groups excluding carboxylic acids is 1. The highest BCUT2D eigenvalue weighted by atomic mass is 32.2. The number of methoxy groups -OCH3 is 1. The lowest BCUT2D eigenvalue weighted by molar-refractivity contribution is -0.118. The summed E-state index contributed by atoms with van der Waals surface area (Å²) in [6, 6.07) is 3.82. The second-order valence-corrected chi connectivity index (χ2v) is 6.62. The van der Waals surface area contributed by atoms with Crippen molar-refractivity contribution in [3.05, 3.63) is 24.5 Å². The van der Waals surface area contributed by atoms with Crippen molar-refractivity contribution in [1.29, 1.82) is 0 Å². The standard InChI is InChI=1S/C16H23N5O2S/c1-12(2)10-21-15(13-4-6-17-7-5-13)19-20-16(21)24-11-14(22)18-8-9-23-3/h4-7,12H,8-11H2,1-3H3,(H,18,22). The number of nitrogens with one attached hydrogen (secondary N) is 1. The molecule has 0 bridgehead atoms. The number of hydrogen-bond donors (Lipinski definition) is 1. The maximum atomic E-state index is 11.8. The van der Waals surface area contributed by atoms with Gasteiger partial charge in [0.05, 0.1) is 12.4 Å². The minimum absolute atomic E-state index is 0.0402. The molecule has 0 radical (unpaired) electrons. The van der Waals surface area contributed by atoms with Gasteiger partial charge in [-0.25, -0.2) is 0 Å². The van der Waals surface area contributed by atoms with Gasteiger partial charge in [0.1, 0.15) is 0 Å². The molecular weight excluding hydrogens is 326 g/mol. The molecule has 2 aromatic rings. The van der Waals surface area contributed by atoms with Gasteiger partial charge >= 0.3 is 0 Å². The summed E-state index contributed by atoms with van der Waals surface area (Å²) in [5.74, 6) is 1.50. The number of nitrogens with zero attached hydrogens (tertiary/aromatic N) is 4. The quantitative estimate of drug-likeness (QED) is 0.550. The highest BCUT2D eigenvalue weighted by Crippen LogP contribution is 2.24. The third-order valence-corrected chi connectivity index (χ3v) is 4.13.